The molecule has 1 heterocycles. The van der Waals surface area contributed by atoms with E-state index in [1.165, 1.54) is 18.9 Å². The highest BCUT2D eigenvalue weighted by molar-refractivity contribution is 5.23. The van der Waals surface area contributed by atoms with E-state index in [-0.39, 0.29) is 0 Å². The zero-order valence-corrected chi connectivity index (χ0v) is 13.2. The van der Waals surface area contributed by atoms with Crippen LogP contribution in [0.3, 0.4) is 0 Å². The third-order valence-corrected chi connectivity index (χ3v) is 4.70. The number of morpholine rings is 1. The number of hydrogen-bond donors (Lipinski definition) is 2. The summed E-state index contributed by atoms with van der Waals surface area (Å²) in [5, 5.41) is 7.08. The molecule has 1 saturated heterocycles. The molecule has 6 heteroatoms. The molecule has 1 saturated carbocycles. The highest BCUT2D eigenvalue weighted by Gasteiger charge is 2.34. The predicted octanol–water partition coefficient (Wildman–Crippen LogP) is 2.09. The van der Waals surface area contributed by atoms with Crippen LogP contribution in [0.2, 0.25) is 0 Å². The van der Waals surface area contributed by atoms with Gasteiger partial charge < -0.3 is 20.1 Å². The summed E-state index contributed by atoms with van der Waals surface area (Å²) in [6.45, 7) is 3.63. The van der Waals surface area contributed by atoms with E-state index in [1.54, 1.807) is 0 Å². The van der Waals surface area contributed by atoms with Gasteiger partial charge in [-0.05, 0) is 30.9 Å². The fourth-order valence-electron chi connectivity index (χ4n) is 3.56. The van der Waals surface area contributed by atoms with Gasteiger partial charge in [0.1, 0.15) is 12.4 Å². The average molecular weight is 326 g/mol. The highest BCUT2D eigenvalue weighted by Crippen LogP contribution is 2.29. The Labute approximate surface area is 135 Å². The van der Waals surface area contributed by atoms with Crippen molar-refractivity contribution in [3.8, 4) is 5.75 Å². The fraction of sp³-hybridized carbons (Fsp3) is 0.647. The van der Waals surface area contributed by atoms with E-state index in [9.17, 15) is 8.78 Å². The summed E-state index contributed by atoms with van der Waals surface area (Å²) in [6, 6.07) is 4.50. The van der Waals surface area contributed by atoms with Gasteiger partial charge in [-0.25, -0.2) is 8.78 Å². The number of nitrogens with one attached hydrogen (secondary N) is 2. The zero-order valence-electron chi connectivity index (χ0n) is 13.2. The van der Waals surface area contributed by atoms with E-state index in [4.69, 9.17) is 9.47 Å². The van der Waals surface area contributed by atoms with Crippen LogP contribution >= 0.6 is 0 Å². The van der Waals surface area contributed by atoms with E-state index in [2.05, 4.69) is 10.6 Å². The lowest BCUT2D eigenvalue weighted by atomic mass is 9.94. The van der Waals surface area contributed by atoms with Crippen molar-refractivity contribution in [2.45, 2.75) is 31.3 Å². The maximum Gasteiger partial charge on any atom is 0.162 e. The second-order valence-electron chi connectivity index (χ2n) is 6.22. The molecule has 3 unspecified atom stereocenters. The third-order valence-electron chi connectivity index (χ3n) is 4.70. The Bertz CT molecular complexity index is 509. The van der Waals surface area contributed by atoms with E-state index >= 15 is 0 Å². The normalized spacial score (nSPS) is 28.0. The fourth-order valence-corrected chi connectivity index (χ4v) is 3.56. The molecule has 0 radical (unpaired) electrons. The van der Waals surface area contributed by atoms with Gasteiger partial charge in [-0.15, -0.1) is 0 Å². The summed E-state index contributed by atoms with van der Waals surface area (Å²) < 4.78 is 37.0. The lowest BCUT2D eigenvalue weighted by Gasteiger charge is -2.33. The number of rotatable bonds is 6. The van der Waals surface area contributed by atoms with Crippen LogP contribution in [0.25, 0.3) is 0 Å². The van der Waals surface area contributed by atoms with Crippen molar-refractivity contribution < 1.29 is 18.3 Å². The van der Waals surface area contributed by atoms with Crippen molar-refractivity contribution in [1.29, 1.82) is 0 Å². The molecule has 3 atom stereocenters. The minimum Gasteiger partial charge on any atom is -0.492 e. The van der Waals surface area contributed by atoms with Crippen molar-refractivity contribution >= 4 is 0 Å². The van der Waals surface area contributed by atoms with Crippen LogP contribution in [-0.4, -0.2) is 45.0 Å². The topological polar surface area (TPSA) is 42.5 Å². The Kier molecular flexibility index (Phi) is 5.80. The first-order valence-electron chi connectivity index (χ1n) is 8.36. The summed E-state index contributed by atoms with van der Waals surface area (Å²) in [7, 11) is 0. The van der Waals surface area contributed by atoms with Crippen LogP contribution in [0, 0.1) is 17.6 Å². The number of hydrogen-bond acceptors (Lipinski definition) is 4. The van der Waals surface area contributed by atoms with Crippen molar-refractivity contribution in [2.75, 3.05) is 32.9 Å². The van der Waals surface area contributed by atoms with Gasteiger partial charge in [0.2, 0.25) is 0 Å². The van der Waals surface area contributed by atoms with E-state index in [1.807, 2.05) is 0 Å². The Morgan fingerprint density at radius 2 is 2.17 bits per heavy atom. The minimum absolute atomic E-state index is 0.357. The molecular formula is C17H24F2N2O2. The van der Waals surface area contributed by atoms with Crippen LogP contribution in [0.5, 0.6) is 5.75 Å². The lowest BCUT2D eigenvalue weighted by Crippen LogP contribution is -2.51. The molecule has 2 fully saturated rings. The van der Waals surface area contributed by atoms with Gasteiger partial charge in [0.15, 0.2) is 11.6 Å². The first-order valence-corrected chi connectivity index (χ1v) is 8.36. The Morgan fingerprint density at radius 1 is 1.26 bits per heavy atom. The summed E-state index contributed by atoms with van der Waals surface area (Å²) >= 11 is 0. The van der Waals surface area contributed by atoms with Gasteiger partial charge >= 0.3 is 0 Å². The first-order chi connectivity index (χ1) is 11.2. The SMILES string of the molecule is Fc1ccc(OCCNC2CCCC2C2COCCN2)cc1F. The van der Waals surface area contributed by atoms with E-state index in [0.29, 0.717) is 36.9 Å². The van der Waals surface area contributed by atoms with Crippen molar-refractivity contribution in [2.24, 2.45) is 5.92 Å². The summed E-state index contributed by atoms with van der Waals surface area (Å²) in [5.41, 5.74) is 0. The standard InChI is InChI=1S/C17H24F2N2O2/c18-14-5-4-12(10-15(14)19)23-9-7-20-16-3-1-2-13(16)17-11-22-8-6-21-17/h4-5,10,13,16-17,20-21H,1-3,6-9,11H2. The van der Waals surface area contributed by atoms with Crippen molar-refractivity contribution in [1.82, 2.24) is 10.6 Å². The second-order valence-corrected chi connectivity index (χ2v) is 6.22. The van der Waals surface area contributed by atoms with Crippen LogP contribution in [-0.2, 0) is 4.74 Å². The molecule has 2 aliphatic rings. The Balaban J connectivity index is 1.41. The van der Waals surface area contributed by atoms with Gasteiger partial charge in [0.05, 0.1) is 13.2 Å². The molecule has 1 aliphatic carbocycles. The van der Waals surface area contributed by atoms with Crippen molar-refractivity contribution in [3.63, 3.8) is 0 Å². The summed E-state index contributed by atoms with van der Waals surface area (Å²) in [4.78, 5) is 0. The van der Waals surface area contributed by atoms with E-state index in [0.717, 1.165) is 38.3 Å². The molecule has 23 heavy (non-hydrogen) atoms. The first kappa shape index (κ1) is 16.6. The van der Waals surface area contributed by atoms with Gasteiger partial charge in [-0.3, -0.25) is 0 Å². The lowest BCUT2D eigenvalue weighted by molar-refractivity contribution is 0.0523. The molecule has 0 amide bonds. The van der Waals surface area contributed by atoms with E-state index < -0.39 is 11.6 Å². The molecule has 0 aromatic heterocycles. The average Bonchev–Trinajstić information content (AvgIpc) is 3.04. The summed E-state index contributed by atoms with van der Waals surface area (Å²) in [5.74, 6) is -0.796. The van der Waals surface area contributed by atoms with Crippen LogP contribution in [0.4, 0.5) is 8.78 Å². The van der Waals surface area contributed by atoms with Crippen LogP contribution in [0.1, 0.15) is 19.3 Å². The van der Waals surface area contributed by atoms with Crippen molar-refractivity contribution in [3.05, 3.63) is 29.8 Å². The predicted molar refractivity (Wildman–Crippen MR) is 83.6 cm³/mol. The Morgan fingerprint density at radius 3 is 2.96 bits per heavy atom. The molecule has 2 N–H and O–H groups in total. The molecule has 1 aromatic carbocycles. The number of benzene rings is 1. The van der Waals surface area contributed by atoms with Gasteiger partial charge in [0.25, 0.3) is 0 Å². The summed E-state index contributed by atoms with van der Waals surface area (Å²) in [6.07, 6.45) is 3.60. The Hall–Kier alpha value is -1.24. The second kappa shape index (κ2) is 8.04. The molecule has 3 rings (SSSR count). The molecule has 0 bridgehead atoms. The smallest absolute Gasteiger partial charge is 0.162 e. The van der Waals surface area contributed by atoms with Crippen LogP contribution in [0.15, 0.2) is 18.2 Å². The molecule has 0 spiro atoms. The maximum absolute atomic E-state index is 13.1. The maximum atomic E-state index is 13.1. The van der Waals surface area contributed by atoms with Gasteiger partial charge in [0, 0.05) is 31.2 Å². The third kappa shape index (κ3) is 4.40. The quantitative estimate of drug-likeness (QED) is 0.786. The molecule has 128 valence electrons. The molecule has 4 nitrogen and oxygen atoms in total. The van der Waals surface area contributed by atoms with Gasteiger partial charge in [-0.2, -0.15) is 0 Å². The van der Waals surface area contributed by atoms with Gasteiger partial charge in [-0.1, -0.05) is 6.42 Å². The monoisotopic (exact) mass is 326 g/mol. The minimum atomic E-state index is -0.880. The zero-order chi connectivity index (χ0) is 16.1. The molecular weight excluding hydrogens is 302 g/mol. The van der Waals surface area contributed by atoms with Crippen LogP contribution < -0.4 is 15.4 Å². The highest BCUT2D eigenvalue weighted by atomic mass is 19.2. The number of halogens is 2. The molecule has 1 aliphatic heterocycles. The molecule has 1 aromatic rings. The largest absolute Gasteiger partial charge is 0.492 e. The number of ether oxygens (including phenoxy) is 2.